The number of carbonyl (C=O) groups is 1. The van der Waals surface area contributed by atoms with Gasteiger partial charge in [-0.1, -0.05) is 5.16 Å². The van der Waals surface area contributed by atoms with Crippen LogP contribution in [0.1, 0.15) is 19.3 Å². The second-order valence-corrected chi connectivity index (χ2v) is 4.93. The molecule has 0 radical (unpaired) electrons. The van der Waals surface area contributed by atoms with Crippen molar-refractivity contribution in [3.05, 3.63) is 0 Å². The Morgan fingerprint density at radius 2 is 2.14 bits per heavy atom. The molecule has 0 aromatic carbocycles. The van der Waals surface area contributed by atoms with E-state index in [4.69, 9.17) is 10.9 Å². The summed E-state index contributed by atoms with van der Waals surface area (Å²) in [6, 6.07) is 0.0659. The Hall–Kier alpha value is -1.48. The molecule has 1 aliphatic rings. The molecule has 1 aliphatic heterocycles. The number of rotatable bonds is 8. The van der Waals surface area contributed by atoms with E-state index < -0.39 is 13.0 Å². The van der Waals surface area contributed by atoms with E-state index in [0.717, 1.165) is 25.9 Å². The van der Waals surface area contributed by atoms with Gasteiger partial charge in [0.15, 0.2) is 5.84 Å². The number of piperidine rings is 1. The maximum atomic E-state index is 11.8. The van der Waals surface area contributed by atoms with Crippen LogP contribution >= 0.6 is 0 Å². The highest BCUT2D eigenvalue weighted by Gasteiger charge is 2.21. The predicted molar refractivity (Wildman–Crippen MR) is 72.5 cm³/mol. The summed E-state index contributed by atoms with van der Waals surface area (Å²) in [5.74, 6) is -0.0344. The van der Waals surface area contributed by atoms with Crippen LogP contribution in [0.2, 0.25) is 0 Å². The van der Waals surface area contributed by atoms with Crippen LogP contribution in [0.15, 0.2) is 5.16 Å². The van der Waals surface area contributed by atoms with Crippen molar-refractivity contribution >= 4 is 11.7 Å². The van der Waals surface area contributed by atoms with E-state index in [1.165, 1.54) is 0 Å². The molecule has 0 unspecified atom stereocenters. The first-order chi connectivity index (χ1) is 10.0. The van der Waals surface area contributed by atoms with Gasteiger partial charge in [0.05, 0.1) is 13.2 Å². The van der Waals surface area contributed by atoms with E-state index in [9.17, 15) is 13.6 Å². The molecule has 21 heavy (non-hydrogen) atoms. The Morgan fingerprint density at radius 3 is 2.71 bits per heavy atom. The topological polar surface area (TPSA) is 100 Å². The van der Waals surface area contributed by atoms with Crippen molar-refractivity contribution in [1.82, 2.24) is 10.2 Å². The van der Waals surface area contributed by atoms with Gasteiger partial charge in [-0.05, 0) is 12.8 Å². The number of amides is 1. The van der Waals surface area contributed by atoms with E-state index in [-0.39, 0.29) is 30.8 Å². The number of nitrogens with one attached hydrogen (secondary N) is 1. The standard InChI is InChI=1S/C12H22F2N4O3/c13-10(14)8-21-6-3-12(19)16-9-1-4-18(5-2-9)7-11(15)17-20/h9-10,20H,1-8H2,(H2,15,17)(H,16,19). The highest BCUT2D eigenvalue weighted by Crippen LogP contribution is 2.10. The van der Waals surface area contributed by atoms with E-state index in [1.54, 1.807) is 0 Å². The number of nitrogens with zero attached hydrogens (tertiary/aromatic N) is 2. The summed E-state index contributed by atoms with van der Waals surface area (Å²) < 4.78 is 28.3. The molecule has 122 valence electrons. The van der Waals surface area contributed by atoms with Gasteiger partial charge in [-0.3, -0.25) is 9.69 Å². The molecule has 0 saturated carbocycles. The van der Waals surface area contributed by atoms with Gasteiger partial charge in [0.2, 0.25) is 5.91 Å². The summed E-state index contributed by atoms with van der Waals surface area (Å²) in [7, 11) is 0. The smallest absolute Gasteiger partial charge is 0.261 e. The molecule has 1 fully saturated rings. The molecule has 1 saturated heterocycles. The second-order valence-electron chi connectivity index (χ2n) is 4.93. The lowest BCUT2D eigenvalue weighted by molar-refractivity contribution is -0.123. The van der Waals surface area contributed by atoms with Crippen LogP contribution in [-0.4, -0.2) is 67.2 Å². The fraction of sp³-hybridized carbons (Fsp3) is 0.833. The predicted octanol–water partition coefficient (Wildman–Crippen LogP) is -0.0148. The molecule has 4 N–H and O–H groups in total. The number of amidine groups is 1. The van der Waals surface area contributed by atoms with Crippen molar-refractivity contribution in [2.24, 2.45) is 10.9 Å². The molecular weight excluding hydrogens is 286 g/mol. The number of carbonyl (C=O) groups excluding carboxylic acids is 1. The summed E-state index contributed by atoms with van der Waals surface area (Å²) in [4.78, 5) is 13.6. The van der Waals surface area contributed by atoms with Gasteiger partial charge in [0.1, 0.15) is 6.61 Å². The average Bonchev–Trinajstić information content (AvgIpc) is 2.45. The average molecular weight is 308 g/mol. The van der Waals surface area contributed by atoms with E-state index in [0.29, 0.717) is 6.54 Å². The minimum atomic E-state index is -2.51. The minimum Gasteiger partial charge on any atom is -0.409 e. The molecule has 0 atom stereocenters. The van der Waals surface area contributed by atoms with E-state index in [1.807, 2.05) is 4.90 Å². The molecule has 1 amide bonds. The van der Waals surface area contributed by atoms with Gasteiger partial charge in [-0.15, -0.1) is 0 Å². The first-order valence-corrected chi connectivity index (χ1v) is 6.85. The van der Waals surface area contributed by atoms with Crippen molar-refractivity contribution in [2.75, 3.05) is 32.8 Å². The van der Waals surface area contributed by atoms with Gasteiger partial charge < -0.3 is 21.0 Å². The third kappa shape index (κ3) is 7.76. The lowest BCUT2D eigenvalue weighted by atomic mass is 10.0. The molecule has 0 aliphatic carbocycles. The molecular formula is C12H22F2N4O3. The summed E-state index contributed by atoms with van der Waals surface area (Å²) in [6.07, 6.45) is -0.894. The van der Waals surface area contributed by atoms with Gasteiger partial charge in [0, 0.05) is 25.6 Å². The zero-order valence-corrected chi connectivity index (χ0v) is 11.8. The van der Waals surface area contributed by atoms with Crippen LogP contribution in [0.25, 0.3) is 0 Å². The van der Waals surface area contributed by atoms with Gasteiger partial charge in [0.25, 0.3) is 6.43 Å². The van der Waals surface area contributed by atoms with Crippen LogP contribution in [0, 0.1) is 0 Å². The van der Waals surface area contributed by atoms with Crippen LogP contribution in [0.4, 0.5) is 8.78 Å². The molecule has 1 heterocycles. The van der Waals surface area contributed by atoms with Crippen molar-refractivity contribution in [1.29, 1.82) is 0 Å². The van der Waals surface area contributed by atoms with Gasteiger partial charge >= 0.3 is 0 Å². The number of ether oxygens (including phenoxy) is 1. The number of likely N-dealkylation sites (tertiary alicyclic amines) is 1. The Bertz CT molecular complexity index is 347. The van der Waals surface area contributed by atoms with E-state index >= 15 is 0 Å². The van der Waals surface area contributed by atoms with Crippen molar-refractivity contribution in [3.63, 3.8) is 0 Å². The zero-order valence-electron chi connectivity index (χ0n) is 11.8. The maximum Gasteiger partial charge on any atom is 0.261 e. The van der Waals surface area contributed by atoms with E-state index in [2.05, 4.69) is 15.2 Å². The molecule has 0 spiro atoms. The lowest BCUT2D eigenvalue weighted by Crippen LogP contribution is -2.46. The van der Waals surface area contributed by atoms with Gasteiger partial charge in [-0.25, -0.2) is 8.78 Å². The SMILES string of the molecule is NC(CN1CCC(NC(=O)CCOCC(F)F)CC1)=NO. The molecule has 0 aromatic heterocycles. The molecule has 1 rings (SSSR count). The third-order valence-electron chi connectivity index (χ3n) is 3.18. The first-order valence-electron chi connectivity index (χ1n) is 6.85. The zero-order chi connectivity index (χ0) is 15.7. The first kappa shape index (κ1) is 17.6. The fourth-order valence-corrected chi connectivity index (χ4v) is 2.13. The third-order valence-corrected chi connectivity index (χ3v) is 3.18. The largest absolute Gasteiger partial charge is 0.409 e. The molecule has 0 bridgehead atoms. The fourth-order valence-electron chi connectivity index (χ4n) is 2.13. The van der Waals surface area contributed by atoms with Crippen molar-refractivity contribution < 1.29 is 23.5 Å². The number of nitrogens with two attached hydrogens (primary N) is 1. The highest BCUT2D eigenvalue weighted by atomic mass is 19.3. The summed E-state index contributed by atoms with van der Waals surface area (Å²) in [6.45, 7) is 1.24. The second kappa shape index (κ2) is 9.46. The van der Waals surface area contributed by atoms with Gasteiger partial charge in [-0.2, -0.15) is 0 Å². The number of alkyl halides is 2. The van der Waals surface area contributed by atoms with Crippen LogP contribution in [0.3, 0.4) is 0 Å². The Kier molecular flexibility index (Phi) is 7.91. The maximum absolute atomic E-state index is 11.8. The minimum absolute atomic E-state index is 0.00147. The Balaban J connectivity index is 2.13. The monoisotopic (exact) mass is 308 g/mol. The lowest BCUT2D eigenvalue weighted by Gasteiger charge is -2.31. The van der Waals surface area contributed by atoms with Crippen LogP contribution in [-0.2, 0) is 9.53 Å². The molecule has 7 nitrogen and oxygen atoms in total. The number of oxime groups is 1. The molecule has 9 heteroatoms. The number of hydrogen-bond acceptors (Lipinski definition) is 5. The number of halogens is 2. The summed E-state index contributed by atoms with van der Waals surface area (Å²) in [5, 5.41) is 14.3. The van der Waals surface area contributed by atoms with Crippen LogP contribution < -0.4 is 11.1 Å². The summed E-state index contributed by atoms with van der Waals surface area (Å²) in [5.41, 5.74) is 5.43. The van der Waals surface area contributed by atoms with Crippen LogP contribution in [0.5, 0.6) is 0 Å². The Morgan fingerprint density at radius 1 is 1.48 bits per heavy atom. The highest BCUT2D eigenvalue weighted by molar-refractivity contribution is 5.81. The quantitative estimate of drug-likeness (QED) is 0.192. The Labute approximate surface area is 122 Å². The summed E-state index contributed by atoms with van der Waals surface area (Å²) >= 11 is 0. The number of hydrogen-bond donors (Lipinski definition) is 3. The van der Waals surface area contributed by atoms with Crippen molar-refractivity contribution in [2.45, 2.75) is 31.7 Å². The normalized spacial score (nSPS) is 18.1. The van der Waals surface area contributed by atoms with Crippen molar-refractivity contribution in [3.8, 4) is 0 Å². The molecule has 0 aromatic rings.